The molecular weight excluding hydrogens is 350 g/mol. The number of halogens is 3. The molecule has 2 aromatic rings. The van der Waals surface area contributed by atoms with Crippen molar-refractivity contribution in [2.45, 2.75) is 26.1 Å². The number of anilines is 1. The van der Waals surface area contributed by atoms with Crippen molar-refractivity contribution in [3.8, 4) is 5.75 Å². The summed E-state index contributed by atoms with van der Waals surface area (Å²) in [4.78, 5) is 13.3. The van der Waals surface area contributed by atoms with Crippen LogP contribution >= 0.6 is 11.6 Å². The van der Waals surface area contributed by atoms with Gasteiger partial charge in [0.05, 0.1) is 7.05 Å². The zero-order valence-electron chi connectivity index (χ0n) is 13.9. The van der Waals surface area contributed by atoms with Crippen LogP contribution < -0.4 is 15.0 Å². The van der Waals surface area contributed by atoms with E-state index in [1.807, 2.05) is 14.0 Å². The van der Waals surface area contributed by atoms with Gasteiger partial charge >= 0.3 is 6.61 Å². The fourth-order valence-corrected chi connectivity index (χ4v) is 2.49. The van der Waals surface area contributed by atoms with Gasteiger partial charge in [0, 0.05) is 16.3 Å². The largest absolute Gasteiger partial charge is 0.435 e. The topological polar surface area (TPSA) is 42.8 Å². The van der Waals surface area contributed by atoms with E-state index in [2.05, 4.69) is 10.1 Å². The van der Waals surface area contributed by atoms with Crippen LogP contribution in [0.5, 0.6) is 5.75 Å². The third-order valence-corrected chi connectivity index (χ3v) is 4.09. The number of ether oxygens (including phenoxy) is 1. The van der Waals surface area contributed by atoms with Gasteiger partial charge in [-0.25, -0.2) is 0 Å². The van der Waals surface area contributed by atoms with Crippen LogP contribution in [0.25, 0.3) is 0 Å². The summed E-state index contributed by atoms with van der Waals surface area (Å²) in [5.74, 6) is -0.0134. The molecule has 0 saturated carbocycles. The highest BCUT2D eigenvalue weighted by Gasteiger charge is 2.22. The van der Waals surface area contributed by atoms with Gasteiger partial charge in [0.15, 0.2) is 6.04 Å². The first kappa shape index (κ1) is 19.1. The van der Waals surface area contributed by atoms with E-state index < -0.39 is 6.61 Å². The number of carbonyl (C=O) groups excluding carboxylic acids is 1. The van der Waals surface area contributed by atoms with Crippen molar-refractivity contribution in [1.82, 2.24) is 0 Å². The predicted octanol–water partition coefficient (Wildman–Crippen LogP) is 2.98. The number of quaternary nitrogens is 1. The van der Waals surface area contributed by atoms with Crippen molar-refractivity contribution in [2.75, 3.05) is 12.4 Å². The normalized spacial score (nSPS) is 13.4. The van der Waals surface area contributed by atoms with E-state index in [4.69, 9.17) is 11.6 Å². The Morgan fingerprint density at radius 2 is 1.92 bits per heavy atom. The van der Waals surface area contributed by atoms with Gasteiger partial charge in [0.1, 0.15) is 12.3 Å². The average Bonchev–Trinajstić information content (AvgIpc) is 2.55. The molecule has 1 unspecified atom stereocenters. The van der Waals surface area contributed by atoms with Gasteiger partial charge < -0.3 is 15.0 Å². The Morgan fingerprint density at radius 3 is 2.52 bits per heavy atom. The molecule has 2 atom stereocenters. The molecule has 25 heavy (non-hydrogen) atoms. The number of nitrogens with one attached hydrogen (secondary N) is 2. The van der Waals surface area contributed by atoms with Crippen LogP contribution in [0.3, 0.4) is 0 Å². The Labute approximate surface area is 150 Å². The van der Waals surface area contributed by atoms with Gasteiger partial charge in [-0.3, -0.25) is 4.79 Å². The summed E-state index contributed by atoms with van der Waals surface area (Å²) in [7, 11) is 1.89. The molecule has 0 aliphatic carbocycles. The quantitative estimate of drug-likeness (QED) is 0.788. The molecule has 0 aliphatic heterocycles. The molecule has 0 aliphatic rings. The lowest BCUT2D eigenvalue weighted by Crippen LogP contribution is -3.12. The summed E-state index contributed by atoms with van der Waals surface area (Å²) < 4.78 is 28.6. The van der Waals surface area contributed by atoms with Gasteiger partial charge in [-0.15, -0.1) is 0 Å². The summed E-state index contributed by atoms with van der Waals surface area (Å²) in [6.07, 6.45) is 0. The van der Waals surface area contributed by atoms with Crippen LogP contribution in [0.1, 0.15) is 12.5 Å². The Balaban J connectivity index is 1.92. The molecule has 0 fully saturated rings. The summed E-state index contributed by atoms with van der Waals surface area (Å²) in [6.45, 7) is -0.447. The van der Waals surface area contributed by atoms with E-state index in [1.54, 1.807) is 36.4 Å². The molecule has 7 heteroatoms. The fourth-order valence-electron chi connectivity index (χ4n) is 2.30. The average molecular weight is 370 g/mol. The molecular formula is C18H20ClF2N2O2+. The van der Waals surface area contributed by atoms with E-state index >= 15 is 0 Å². The lowest BCUT2D eigenvalue weighted by molar-refractivity contribution is -0.907. The van der Waals surface area contributed by atoms with E-state index in [0.29, 0.717) is 17.3 Å². The first-order valence-electron chi connectivity index (χ1n) is 7.77. The molecule has 0 heterocycles. The minimum absolute atomic E-state index is 0.114. The lowest BCUT2D eigenvalue weighted by Gasteiger charge is -2.21. The summed E-state index contributed by atoms with van der Waals surface area (Å²) in [5.41, 5.74) is 1.56. The standard InChI is InChI=1S/C18H19ClF2N2O2/c1-12(17(24)22-15-5-3-4-14(19)10-15)23(2)11-13-6-8-16(9-7-13)25-18(20)21/h3-10,12,18H,11H2,1-2H3,(H,22,24)/p+1/t12-/m0/s1. The Kier molecular flexibility index (Phi) is 6.73. The second-order valence-corrected chi connectivity index (χ2v) is 6.20. The van der Waals surface area contributed by atoms with Gasteiger partial charge in [-0.05, 0) is 49.4 Å². The van der Waals surface area contributed by atoms with E-state index in [-0.39, 0.29) is 17.7 Å². The highest BCUT2D eigenvalue weighted by molar-refractivity contribution is 6.30. The molecule has 0 saturated heterocycles. The minimum atomic E-state index is -2.84. The van der Waals surface area contributed by atoms with Crippen molar-refractivity contribution in [3.63, 3.8) is 0 Å². The number of likely N-dealkylation sites (N-methyl/N-ethyl adjacent to an activating group) is 1. The number of rotatable bonds is 7. The Hall–Kier alpha value is -2.18. The maximum atomic E-state index is 12.4. The second kappa shape index (κ2) is 8.78. The van der Waals surface area contributed by atoms with Gasteiger partial charge in [-0.2, -0.15) is 8.78 Å². The smallest absolute Gasteiger partial charge is 0.387 e. The highest BCUT2D eigenvalue weighted by atomic mass is 35.5. The number of amides is 1. The Morgan fingerprint density at radius 1 is 1.24 bits per heavy atom. The maximum Gasteiger partial charge on any atom is 0.387 e. The summed E-state index contributed by atoms with van der Waals surface area (Å²) >= 11 is 5.91. The summed E-state index contributed by atoms with van der Waals surface area (Å²) in [5, 5.41) is 3.39. The zero-order valence-corrected chi connectivity index (χ0v) is 14.7. The van der Waals surface area contributed by atoms with Crippen LogP contribution in [-0.2, 0) is 11.3 Å². The molecule has 1 amide bonds. The van der Waals surface area contributed by atoms with E-state index in [1.165, 1.54) is 12.1 Å². The molecule has 0 spiro atoms. The predicted molar refractivity (Wildman–Crippen MR) is 93.2 cm³/mol. The minimum Gasteiger partial charge on any atom is -0.435 e. The first-order chi connectivity index (χ1) is 11.8. The summed E-state index contributed by atoms with van der Waals surface area (Å²) in [6, 6.07) is 13.1. The highest BCUT2D eigenvalue weighted by Crippen LogP contribution is 2.15. The number of hydrogen-bond donors (Lipinski definition) is 2. The molecule has 2 rings (SSSR count). The molecule has 2 N–H and O–H groups in total. The number of benzene rings is 2. The molecule has 0 radical (unpaired) electrons. The van der Waals surface area contributed by atoms with Gasteiger partial charge in [-0.1, -0.05) is 17.7 Å². The van der Waals surface area contributed by atoms with Crippen molar-refractivity contribution in [3.05, 3.63) is 59.1 Å². The monoisotopic (exact) mass is 369 g/mol. The van der Waals surface area contributed by atoms with Crippen molar-refractivity contribution in [1.29, 1.82) is 0 Å². The van der Waals surface area contributed by atoms with Gasteiger partial charge in [0.2, 0.25) is 0 Å². The number of hydrogen-bond acceptors (Lipinski definition) is 2. The molecule has 134 valence electrons. The SMILES string of the molecule is C[C@@H](C(=O)Nc1cccc(Cl)c1)[NH+](C)Cc1ccc(OC(F)F)cc1. The Bertz CT molecular complexity index is 710. The molecule has 0 bridgehead atoms. The second-order valence-electron chi connectivity index (χ2n) is 5.77. The van der Waals surface area contributed by atoms with Crippen LogP contribution in [0.2, 0.25) is 5.02 Å². The number of carbonyl (C=O) groups is 1. The zero-order chi connectivity index (χ0) is 18.4. The van der Waals surface area contributed by atoms with Crippen LogP contribution in [0, 0.1) is 0 Å². The van der Waals surface area contributed by atoms with Crippen molar-refractivity contribution in [2.24, 2.45) is 0 Å². The fraction of sp³-hybridized carbons (Fsp3) is 0.278. The van der Waals surface area contributed by atoms with Crippen molar-refractivity contribution >= 4 is 23.2 Å². The van der Waals surface area contributed by atoms with Crippen LogP contribution in [-0.4, -0.2) is 25.6 Å². The molecule has 0 aromatic heterocycles. The third kappa shape index (κ3) is 5.99. The number of alkyl halides is 2. The maximum absolute atomic E-state index is 12.4. The van der Waals surface area contributed by atoms with Crippen LogP contribution in [0.15, 0.2) is 48.5 Å². The molecule has 2 aromatic carbocycles. The van der Waals surface area contributed by atoms with E-state index in [9.17, 15) is 13.6 Å². The first-order valence-corrected chi connectivity index (χ1v) is 8.15. The molecule has 4 nitrogen and oxygen atoms in total. The lowest BCUT2D eigenvalue weighted by atomic mass is 10.1. The van der Waals surface area contributed by atoms with Crippen LogP contribution in [0.4, 0.5) is 14.5 Å². The third-order valence-electron chi connectivity index (χ3n) is 3.86. The van der Waals surface area contributed by atoms with Gasteiger partial charge in [0.25, 0.3) is 5.91 Å². The van der Waals surface area contributed by atoms with E-state index in [0.717, 1.165) is 10.5 Å². The van der Waals surface area contributed by atoms with Crippen molar-refractivity contribution < 1.29 is 23.2 Å².